The number of aromatic nitrogens is 2. The molecule has 3 rings (SSSR count). The number of nitrogens with one attached hydrogen (secondary N) is 3. The summed E-state index contributed by atoms with van der Waals surface area (Å²) < 4.78 is 132. The van der Waals surface area contributed by atoms with Crippen LogP contribution < -0.4 is 20.1 Å². The molecule has 0 radical (unpaired) electrons. The Kier molecular flexibility index (Phi) is 10.5. The summed E-state index contributed by atoms with van der Waals surface area (Å²) in [5.41, 5.74) is -1.59. The predicted molar refractivity (Wildman–Crippen MR) is 129 cm³/mol. The van der Waals surface area contributed by atoms with Gasteiger partial charge in [0.2, 0.25) is 16.0 Å². The largest absolute Gasteiger partial charge is 0.491 e. The Bertz CT molecular complexity index is 1430. The zero-order chi connectivity index (χ0) is 29.4. The van der Waals surface area contributed by atoms with Crippen molar-refractivity contribution in [1.82, 2.24) is 14.7 Å². The van der Waals surface area contributed by atoms with Gasteiger partial charge in [-0.15, -0.1) is 0 Å². The highest BCUT2D eigenvalue weighted by Gasteiger charge is 2.36. The molecule has 0 atom stereocenters. The van der Waals surface area contributed by atoms with Gasteiger partial charge in [0.25, 0.3) is 6.43 Å². The minimum atomic E-state index is -5.24. The second kappa shape index (κ2) is 13.6. The van der Waals surface area contributed by atoms with Gasteiger partial charge >= 0.3 is 0 Å². The van der Waals surface area contributed by atoms with Crippen LogP contribution >= 0.6 is 0 Å². The van der Waals surface area contributed by atoms with E-state index in [0.29, 0.717) is 24.7 Å². The topological polar surface area (TPSA) is 114 Å². The molecule has 0 fully saturated rings. The smallest absolute Gasteiger partial charge is 0.268 e. The molecule has 0 saturated heterocycles. The van der Waals surface area contributed by atoms with E-state index in [2.05, 4.69) is 20.6 Å². The minimum absolute atomic E-state index is 0.00743. The molecule has 0 aliphatic rings. The van der Waals surface area contributed by atoms with Gasteiger partial charge in [0, 0.05) is 25.9 Å². The minimum Gasteiger partial charge on any atom is -0.491 e. The van der Waals surface area contributed by atoms with Crippen molar-refractivity contribution in [1.29, 1.82) is 0 Å². The molecule has 1 heterocycles. The van der Waals surface area contributed by atoms with Crippen LogP contribution in [0.4, 0.5) is 48.2 Å². The molecule has 0 bridgehead atoms. The molecule has 0 aliphatic carbocycles. The van der Waals surface area contributed by atoms with Crippen molar-refractivity contribution in [3.63, 3.8) is 0 Å². The van der Waals surface area contributed by atoms with Crippen LogP contribution in [-0.4, -0.2) is 51.8 Å². The fourth-order valence-electron chi connectivity index (χ4n) is 3.22. The lowest BCUT2D eigenvalue weighted by atomic mass is 10.2. The van der Waals surface area contributed by atoms with E-state index in [-0.39, 0.29) is 24.7 Å². The summed E-state index contributed by atoms with van der Waals surface area (Å²) in [5.74, 6) is -10.7. The Labute approximate surface area is 223 Å². The number of anilines is 3. The molecule has 0 aliphatic heterocycles. The van der Waals surface area contributed by atoms with E-state index in [1.807, 2.05) is 0 Å². The average Bonchev–Trinajstić information content (AvgIpc) is 2.91. The molecule has 17 heteroatoms. The lowest BCUT2D eigenvalue weighted by molar-refractivity contribution is 0.139. The van der Waals surface area contributed by atoms with E-state index < -0.39 is 62.5 Å². The summed E-state index contributed by atoms with van der Waals surface area (Å²) in [6.45, 7) is 0.0731. The van der Waals surface area contributed by atoms with Crippen LogP contribution in [0.25, 0.3) is 0 Å². The SMILES string of the molecule is COCCOc1ccc(Nc2ncc(F)c(NCCCNS(=O)(=O)c3c(F)c(F)c(F)c(F)c3C(F)F)n2)cc1. The number of nitrogens with zero attached hydrogens (tertiary/aromatic N) is 2. The summed E-state index contributed by atoms with van der Waals surface area (Å²) in [7, 11) is -3.69. The quantitative estimate of drug-likeness (QED) is 0.107. The van der Waals surface area contributed by atoms with Crippen LogP contribution in [0.5, 0.6) is 5.75 Å². The van der Waals surface area contributed by atoms with E-state index in [9.17, 15) is 39.2 Å². The molecule has 3 aromatic rings. The molecular weight excluding hydrogens is 575 g/mol. The highest BCUT2D eigenvalue weighted by atomic mass is 32.2. The van der Waals surface area contributed by atoms with E-state index in [1.165, 1.54) is 0 Å². The lowest BCUT2D eigenvalue weighted by Crippen LogP contribution is -2.29. The Morgan fingerprint density at radius 1 is 0.925 bits per heavy atom. The predicted octanol–water partition coefficient (Wildman–Crippen LogP) is 4.66. The molecule has 0 unspecified atom stereocenters. The molecule has 9 nitrogen and oxygen atoms in total. The summed E-state index contributed by atoms with van der Waals surface area (Å²) in [6.07, 6.45) is -3.24. The monoisotopic (exact) mass is 597 g/mol. The highest BCUT2D eigenvalue weighted by Crippen LogP contribution is 2.34. The van der Waals surface area contributed by atoms with Gasteiger partial charge in [-0.1, -0.05) is 0 Å². The van der Waals surface area contributed by atoms with Crippen molar-refractivity contribution in [2.45, 2.75) is 17.7 Å². The van der Waals surface area contributed by atoms with Gasteiger partial charge in [0.1, 0.15) is 17.3 Å². The molecular formula is C23H22F7N5O4S. The van der Waals surface area contributed by atoms with E-state index in [4.69, 9.17) is 9.47 Å². The van der Waals surface area contributed by atoms with Crippen LogP contribution in [0.1, 0.15) is 18.4 Å². The van der Waals surface area contributed by atoms with E-state index >= 15 is 0 Å². The van der Waals surface area contributed by atoms with Gasteiger partial charge in [-0.3, -0.25) is 0 Å². The maximum atomic E-state index is 14.1. The molecule has 0 spiro atoms. The lowest BCUT2D eigenvalue weighted by Gasteiger charge is -2.14. The first-order valence-electron chi connectivity index (χ1n) is 11.3. The van der Waals surface area contributed by atoms with Crippen molar-refractivity contribution >= 4 is 27.5 Å². The van der Waals surface area contributed by atoms with Gasteiger partial charge < -0.3 is 20.1 Å². The molecule has 0 saturated carbocycles. The van der Waals surface area contributed by atoms with Crippen LogP contribution in [-0.2, 0) is 14.8 Å². The van der Waals surface area contributed by atoms with Crippen LogP contribution in [0.15, 0.2) is 35.4 Å². The third-order valence-electron chi connectivity index (χ3n) is 5.09. The number of ether oxygens (including phenoxy) is 2. The first-order valence-corrected chi connectivity index (χ1v) is 12.8. The number of methoxy groups -OCH3 is 1. The van der Waals surface area contributed by atoms with Crippen molar-refractivity contribution < 1.29 is 48.6 Å². The number of hydrogen-bond acceptors (Lipinski definition) is 8. The van der Waals surface area contributed by atoms with Gasteiger partial charge in [-0.2, -0.15) is 4.98 Å². The van der Waals surface area contributed by atoms with E-state index in [1.54, 1.807) is 36.1 Å². The highest BCUT2D eigenvalue weighted by molar-refractivity contribution is 7.89. The molecule has 218 valence electrons. The number of halogens is 7. The summed E-state index contributed by atoms with van der Waals surface area (Å²) in [6, 6.07) is 6.67. The van der Waals surface area contributed by atoms with Gasteiger partial charge in [-0.05, 0) is 30.7 Å². The Hall–Kier alpha value is -3.70. The summed E-state index contributed by atoms with van der Waals surface area (Å²) in [4.78, 5) is 5.74. The first kappa shape index (κ1) is 30.8. The normalized spacial score (nSPS) is 11.6. The Balaban J connectivity index is 1.59. The standard InChI is InChI=1S/C23H22F7N5O4S/c1-38-9-10-39-13-5-3-12(4-6-13)34-23-32-11-14(24)22(35-23)31-7-2-8-33-40(36,37)20-15(21(29)30)16(25)17(26)18(27)19(20)28/h3-6,11,21,33H,2,7-10H2,1H3,(H2,31,32,34,35). The Morgan fingerprint density at radius 2 is 1.60 bits per heavy atom. The van der Waals surface area contributed by atoms with Crippen molar-refractivity contribution in [2.24, 2.45) is 0 Å². The molecule has 3 N–H and O–H groups in total. The number of hydrogen-bond donors (Lipinski definition) is 3. The number of rotatable bonds is 14. The fourth-order valence-corrected chi connectivity index (χ4v) is 4.57. The number of alkyl halides is 2. The third kappa shape index (κ3) is 7.48. The second-order valence-electron chi connectivity index (χ2n) is 7.86. The number of sulfonamides is 1. The Morgan fingerprint density at radius 3 is 2.25 bits per heavy atom. The van der Waals surface area contributed by atoms with Gasteiger partial charge in [0.15, 0.2) is 34.9 Å². The summed E-state index contributed by atoms with van der Waals surface area (Å²) in [5, 5.41) is 5.43. The third-order valence-corrected chi connectivity index (χ3v) is 6.62. The van der Waals surface area contributed by atoms with Crippen molar-refractivity contribution in [3.8, 4) is 5.75 Å². The van der Waals surface area contributed by atoms with Crippen LogP contribution in [0.2, 0.25) is 0 Å². The van der Waals surface area contributed by atoms with Crippen molar-refractivity contribution in [2.75, 3.05) is 44.0 Å². The second-order valence-corrected chi connectivity index (χ2v) is 9.56. The molecule has 2 aromatic carbocycles. The zero-order valence-electron chi connectivity index (χ0n) is 20.6. The molecule has 1 aromatic heterocycles. The number of benzene rings is 2. The molecule has 40 heavy (non-hydrogen) atoms. The first-order chi connectivity index (χ1) is 19.0. The van der Waals surface area contributed by atoms with E-state index in [0.717, 1.165) is 6.20 Å². The molecule has 0 amide bonds. The van der Waals surface area contributed by atoms with Gasteiger partial charge in [0.05, 0.1) is 18.4 Å². The maximum absolute atomic E-state index is 14.1. The van der Waals surface area contributed by atoms with Crippen LogP contribution in [0.3, 0.4) is 0 Å². The fraction of sp³-hybridized carbons (Fsp3) is 0.304. The average molecular weight is 598 g/mol. The maximum Gasteiger partial charge on any atom is 0.268 e. The van der Waals surface area contributed by atoms with Crippen molar-refractivity contribution in [3.05, 3.63) is 65.1 Å². The van der Waals surface area contributed by atoms with Crippen LogP contribution in [0, 0.1) is 29.1 Å². The zero-order valence-corrected chi connectivity index (χ0v) is 21.4. The van der Waals surface area contributed by atoms with Gasteiger partial charge in [-0.25, -0.2) is 48.9 Å². The summed E-state index contributed by atoms with van der Waals surface area (Å²) >= 11 is 0.